The Labute approximate surface area is 76.6 Å². The number of unbranched alkanes of at least 4 members (excludes halogenated alkanes) is 1. The van der Waals surface area contributed by atoms with E-state index in [1.165, 1.54) is 12.7 Å². The first-order valence-corrected chi connectivity index (χ1v) is 4.63. The Morgan fingerprint density at radius 1 is 1.17 bits per heavy atom. The van der Waals surface area contributed by atoms with Crippen LogP contribution in [0.2, 0.25) is 0 Å². The van der Waals surface area contributed by atoms with E-state index in [4.69, 9.17) is 9.47 Å². The fourth-order valence-electron chi connectivity index (χ4n) is 0.515. The second-order valence-electron chi connectivity index (χ2n) is 2.17. The summed E-state index contributed by atoms with van der Waals surface area (Å²) >= 11 is 0. The highest BCUT2D eigenvalue weighted by Gasteiger charge is 1.76. The van der Waals surface area contributed by atoms with Gasteiger partial charge >= 0.3 is 0 Å². The van der Waals surface area contributed by atoms with Gasteiger partial charge in [0.25, 0.3) is 0 Å². The van der Waals surface area contributed by atoms with Gasteiger partial charge in [-0.2, -0.15) is 0 Å². The van der Waals surface area contributed by atoms with Gasteiger partial charge in [-0.3, -0.25) is 0 Å². The standard InChI is InChI=1S/C6H12O.C4H10O/c1-3-5-6-7-4-2;1-3-5-4-2/h4H,2-3,5-6H2,1H3;3-4H2,1-2H3. The molecule has 12 heavy (non-hydrogen) atoms. The zero-order valence-corrected chi connectivity index (χ0v) is 8.64. The molecule has 0 rings (SSSR count). The van der Waals surface area contributed by atoms with Crippen LogP contribution in [0.1, 0.15) is 33.6 Å². The Kier molecular flexibility index (Phi) is 19.7. The van der Waals surface area contributed by atoms with E-state index < -0.39 is 0 Å². The lowest BCUT2D eigenvalue weighted by molar-refractivity contribution is 0.162. The predicted octanol–water partition coefficient (Wildman–Crippen LogP) is 2.99. The molecule has 0 aliphatic rings. The highest BCUT2D eigenvalue weighted by atomic mass is 16.5. The quantitative estimate of drug-likeness (QED) is 0.455. The van der Waals surface area contributed by atoms with E-state index in [9.17, 15) is 0 Å². The third-order valence-corrected chi connectivity index (χ3v) is 1.14. The first-order valence-electron chi connectivity index (χ1n) is 4.63. The van der Waals surface area contributed by atoms with Crippen LogP contribution in [-0.4, -0.2) is 19.8 Å². The molecule has 0 N–H and O–H groups in total. The largest absolute Gasteiger partial charge is 0.502 e. The molecule has 0 aromatic heterocycles. The van der Waals surface area contributed by atoms with Gasteiger partial charge < -0.3 is 9.47 Å². The van der Waals surface area contributed by atoms with Gasteiger partial charge in [-0.1, -0.05) is 19.9 Å². The van der Waals surface area contributed by atoms with Crippen molar-refractivity contribution in [2.75, 3.05) is 19.8 Å². The van der Waals surface area contributed by atoms with Gasteiger partial charge in [-0.25, -0.2) is 0 Å². The maximum Gasteiger partial charge on any atom is 0.0872 e. The SMILES string of the molecule is C=COCCCC.CCOCC. The minimum atomic E-state index is 0.819. The highest BCUT2D eigenvalue weighted by Crippen LogP contribution is 1.85. The Morgan fingerprint density at radius 3 is 2.00 bits per heavy atom. The first-order chi connectivity index (χ1) is 5.83. The van der Waals surface area contributed by atoms with Crippen LogP contribution in [0.3, 0.4) is 0 Å². The molecule has 0 fully saturated rings. The van der Waals surface area contributed by atoms with Crippen molar-refractivity contribution < 1.29 is 9.47 Å². The fraction of sp³-hybridized carbons (Fsp3) is 0.800. The van der Waals surface area contributed by atoms with Crippen LogP contribution in [0.15, 0.2) is 12.8 Å². The summed E-state index contributed by atoms with van der Waals surface area (Å²) in [5, 5.41) is 0. The Bertz CT molecular complexity index is 70.2. The van der Waals surface area contributed by atoms with Gasteiger partial charge in [-0.05, 0) is 20.3 Å². The topological polar surface area (TPSA) is 18.5 Å². The minimum Gasteiger partial charge on any atom is -0.502 e. The number of rotatable bonds is 6. The lowest BCUT2D eigenvalue weighted by Crippen LogP contribution is -1.84. The van der Waals surface area contributed by atoms with E-state index in [-0.39, 0.29) is 0 Å². The van der Waals surface area contributed by atoms with E-state index in [0.717, 1.165) is 26.2 Å². The van der Waals surface area contributed by atoms with Crippen LogP contribution in [0.25, 0.3) is 0 Å². The average Bonchev–Trinajstić information content (AvgIpc) is 2.08. The van der Waals surface area contributed by atoms with Gasteiger partial charge in [0, 0.05) is 13.2 Å². The monoisotopic (exact) mass is 174 g/mol. The molecule has 2 nitrogen and oxygen atoms in total. The van der Waals surface area contributed by atoms with Crippen molar-refractivity contribution in [3.63, 3.8) is 0 Å². The molecule has 74 valence electrons. The number of hydrogen-bond acceptors (Lipinski definition) is 2. The molecule has 0 unspecified atom stereocenters. The third kappa shape index (κ3) is 22.7. The molecule has 0 spiro atoms. The molecule has 2 heteroatoms. The molecule has 0 aromatic carbocycles. The number of ether oxygens (including phenoxy) is 2. The number of hydrogen-bond donors (Lipinski definition) is 0. The highest BCUT2D eigenvalue weighted by molar-refractivity contribution is 4.47. The summed E-state index contributed by atoms with van der Waals surface area (Å²) in [7, 11) is 0. The Hall–Kier alpha value is -0.500. The Balaban J connectivity index is 0. The van der Waals surface area contributed by atoms with Crippen LogP contribution in [0, 0.1) is 0 Å². The van der Waals surface area contributed by atoms with Crippen molar-refractivity contribution in [1.29, 1.82) is 0 Å². The molecular formula is C10H22O2. The molecule has 0 amide bonds. The van der Waals surface area contributed by atoms with Crippen molar-refractivity contribution in [2.45, 2.75) is 33.6 Å². The summed E-state index contributed by atoms with van der Waals surface area (Å²) in [6.45, 7) is 12.0. The fourth-order valence-corrected chi connectivity index (χ4v) is 0.515. The molecule has 0 bridgehead atoms. The van der Waals surface area contributed by atoms with Crippen molar-refractivity contribution >= 4 is 0 Å². The average molecular weight is 174 g/mol. The van der Waals surface area contributed by atoms with Crippen LogP contribution in [0.5, 0.6) is 0 Å². The van der Waals surface area contributed by atoms with Crippen LogP contribution in [0.4, 0.5) is 0 Å². The summed E-state index contributed by atoms with van der Waals surface area (Å²) in [6.07, 6.45) is 3.80. The summed E-state index contributed by atoms with van der Waals surface area (Å²) in [4.78, 5) is 0. The molecule has 0 aromatic rings. The molecule has 0 aliphatic heterocycles. The van der Waals surface area contributed by atoms with Gasteiger partial charge in [0.2, 0.25) is 0 Å². The van der Waals surface area contributed by atoms with E-state index in [0.29, 0.717) is 0 Å². The molecular weight excluding hydrogens is 152 g/mol. The van der Waals surface area contributed by atoms with Gasteiger partial charge in [0.15, 0.2) is 0 Å². The molecule has 0 radical (unpaired) electrons. The zero-order valence-electron chi connectivity index (χ0n) is 8.64. The van der Waals surface area contributed by atoms with Gasteiger partial charge in [-0.15, -0.1) is 0 Å². The molecule has 0 saturated heterocycles. The second-order valence-corrected chi connectivity index (χ2v) is 2.17. The maximum atomic E-state index is 4.84. The summed E-state index contributed by atoms with van der Waals surface area (Å²) in [6, 6.07) is 0. The molecule has 0 heterocycles. The van der Waals surface area contributed by atoms with E-state index in [1.54, 1.807) is 0 Å². The van der Waals surface area contributed by atoms with Crippen molar-refractivity contribution in [1.82, 2.24) is 0 Å². The lowest BCUT2D eigenvalue weighted by Gasteiger charge is -1.93. The third-order valence-electron chi connectivity index (χ3n) is 1.14. The van der Waals surface area contributed by atoms with Crippen molar-refractivity contribution in [3.8, 4) is 0 Å². The normalized spacial score (nSPS) is 8.25. The smallest absolute Gasteiger partial charge is 0.0872 e. The van der Waals surface area contributed by atoms with Crippen LogP contribution >= 0.6 is 0 Å². The Morgan fingerprint density at radius 2 is 1.75 bits per heavy atom. The van der Waals surface area contributed by atoms with Crippen LogP contribution in [-0.2, 0) is 9.47 Å². The van der Waals surface area contributed by atoms with E-state index in [1.807, 2.05) is 13.8 Å². The summed E-state index contributed by atoms with van der Waals surface area (Å²) in [5.41, 5.74) is 0. The van der Waals surface area contributed by atoms with E-state index >= 15 is 0 Å². The maximum absolute atomic E-state index is 4.84. The molecule has 0 aliphatic carbocycles. The van der Waals surface area contributed by atoms with Crippen LogP contribution < -0.4 is 0 Å². The van der Waals surface area contributed by atoms with Gasteiger partial charge in [0.1, 0.15) is 0 Å². The minimum absolute atomic E-state index is 0.819. The van der Waals surface area contributed by atoms with E-state index in [2.05, 4.69) is 13.5 Å². The first kappa shape index (κ1) is 14.0. The van der Waals surface area contributed by atoms with Crippen molar-refractivity contribution in [3.05, 3.63) is 12.8 Å². The second kappa shape index (κ2) is 16.8. The zero-order chi connectivity index (χ0) is 9.66. The predicted molar refractivity (Wildman–Crippen MR) is 53.2 cm³/mol. The summed E-state index contributed by atoms with van der Waals surface area (Å²) < 4.78 is 9.67. The molecule has 0 saturated carbocycles. The van der Waals surface area contributed by atoms with Crippen molar-refractivity contribution in [2.24, 2.45) is 0 Å². The van der Waals surface area contributed by atoms with Gasteiger partial charge in [0.05, 0.1) is 12.9 Å². The summed E-state index contributed by atoms with van der Waals surface area (Å²) in [5.74, 6) is 0. The molecule has 0 atom stereocenters. The lowest BCUT2D eigenvalue weighted by atomic mass is 10.4.